The lowest BCUT2D eigenvalue weighted by Gasteiger charge is -2.09. The van der Waals surface area contributed by atoms with E-state index in [9.17, 15) is 24.8 Å². The van der Waals surface area contributed by atoms with Crippen LogP contribution in [0.2, 0.25) is 0 Å². The summed E-state index contributed by atoms with van der Waals surface area (Å²) in [6, 6.07) is 12.1. The Morgan fingerprint density at radius 3 is 2.37 bits per heavy atom. The van der Waals surface area contributed by atoms with Crippen molar-refractivity contribution in [3.05, 3.63) is 64.2 Å². The molecule has 2 rings (SSSR count). The van der Waals surface area contributed by atoms with Gasteiger partial charge in [-0.25, -0.2) is 5.43 Å². The van der Waals surface area contributed by atoms with Crippen molar-refractivity contribution < 1.29 is 29.1 Å². The molecule has 0 saturated heterocycles. The van der Waals surface area contributed by atoms with Crippen LogP contribution in [0.15, 0.2) is 53.6 Å². The summed E-state index contributed by atoms with van der Waals surface area (Å²) in [5.41, 5.74) is 2.37. The molecule has 1 amide bonds. The maximum absolute atomic E-state index is 11.8. The lowest BCUT2D eigenvalue weighted by Crippen LogP contribution is -2.29. The first-order valence-electron chi connectivity index (χ1n) is 7.57. The Balaban J connectivity index is 1.91. The number of amides is 1. The van der Waals surface area contributed by atoms with E-state index < -0.39 is 30.0 Å². The number of carboxylic acids is 1. The highest BCUT2D eigenvalue weighted by Gasteiger charge is 2.14. The fourth-order valence-corrected chi connectivity index (χ4v) is 1.93. The molecular formula is C17H14N3O7-. The van der Waals surface area contributed by atoms with Gasteiger partial charge in [-0.2, -0.15) is 5.10 Å². The van der Waals surface area contributed by atoms with Crippen LogP contribution in [-0.4, -0.2) is 36.2 Å². The highest BCUT2D eigenvalue weighted by atomic mass is 16.6. The van der Waals surface area contributed by atoms with Gasteiger partial charge >= 0.3 is 5.69 Å². The summed E-state index contributed by atoms with van der Waals surface area (Å²) in [7, 11) is 0. The highest BCUT2D eigenvalue weighted by Crippen LogP contribution is 2.25. The molecule has 27 heavy (non-hydrogen) atoms. The fourth-order valence-electron chi connectivity index (χ4n) is 1.93. The second kappa shape index (κ2) is 9.51. The van der Waals surface area contributed by atoms with E-state index in [-0.39, 0.29) is 17.2 Å². The molecule has 0 bridgehead atoms. The summed E-state index contributed by atoms with van der Waals surface area (Å²) in [5, 5.41) is 25.0. The average molecular weight is 372 g/mol. The van der Waals surface area contributed by atoms with Crippen LogP contribution >= 0.6 is 0 Å². The van der Waals surface area contributed by atoms with E-state index in [2.05, 4.69) is 10.5 Å². The van der Waals surface area contributed by atoms with E-state index in [0.29, 0.717) is 5.56 Å². The Kier molecular flexibility index (Phi) is 6.83. The number of ether oxygens (including phenoxy) is 2. The van der Waals surface area contributed by atoms with Crippen molar-refractivity contribution in [3.8, 4) is 11.5 Å². The van der Waals surface area contributed by atoms with Crippen LogP contribution < -0.4 is 20.0 Å². The molecule has 0 saturated carbocycles. The molecule has 0 aliphatic heterocycles. The average Bonchev–Trinajstić information content (AvgIpc) is 2.65. The number of carbonyl (C=O) groups excluding carboxylic acids is 2. The molecule has 0 fully saturated rings. The van der Waals surface area contributed by atoms with Crippen LogP contribution in [0.4, 0.5) is 5.69 Å². The number of rotatable bonds is 9. The summed E-state index contributed by atoms with van der Waals surface area (Å²) in [6.45, 7) is -1.11. The molecule has 0 radical (unpaired) electrons. The smallest absolute Gasteiger partial charge is 0.310 e. The van der Waals surface area contributed by atoms with Crippen LogP contribution in [0.25, 0.3) is 0 Å². The zero-order valence-electron chi connectivity index (χ0n) is 13.9. The molecule has 0 unspecified atom stereocenters. The van der Waals surface area contributed by atoms with Gasteiger partial charge in [-0.15, -0.1) is 0 Å². The Labute approximate surface area is 153 Å². The number of nitrogens with zero attached hydrogens (tertiary/aromatic N) is 2. The van der Waals surface area contributed by atoms with Crippen LogP contribution in [0.5, 0.6) is 11.5 Å². The number of carbonyl (C=O) groups is 2. The Hall–Kier alpha value is -3.95. The lowest BCUT2D eigenvalue weighted by molar-refractivity contribution is -0.385. The molecule has 0 atom stereocenters. The van der Waals surface area contributed by atoms with Crippen molar-refractivity contribution in [2.45, 2.75) is 0 Å². The first-order valence-corrected chi connectivity index (χ1v) is 7.57. The number of nitrogens with one attached hydrogen (secondary N) is 1. The van der Waals surface area contributed by atoms with Crippen LogP contribution in [0.1, 0.15) is 5.56 Å². The fraction of sp³-hybridized carbons (Fsp3) is 0.118. The van der Waals surface area contributed by atoms with Gasteiger partial charge in [-0.3, -0.25) is 14.9 Å². The van der Waals surface area contributed by atoms with E-state index in [4.69, 9.17) is 9.47 Å². The van der Waals surface area contributed by atoms with Crippen LogP contribution in [0, 0.1) is 10.1 Å². The minimum Gasteiger partial charge on any atom is -0.546 e. The van der Waals surface area contributed by atoms with Crippen molar-refractivity contribution in [1.29, 1.82) is 0 Å². The first-order chi connectivity index (χ1) is 13.0. The molecule has 10 nitrogen and oxygen atoms in total. The van der Waals surface area contributed by atoms with Crippen molar-refractivity contribution in [2.75, 3.05) is 13.2 Å². The summed E-state index contributed by atoms with van der Waals surface area (Å²) in [4.78, 5) is 32.5. The predicted molar refractivity (Wildman–Crippen MR) is 91.3 cm³/mol. The third kappa shape index (κ3) is 6.12. The third-order valence-electron chi connectivity index (χ3n) is 3.08. The van der Waals surface area contributed by atoms with Crippen LogP contribution in [-0.2, 0) is 9.59 Å². The van der Waals surface area contributed by atoms with Crippen molar-refractivity contribution in [3.63, 3.8) is 0 Å². The van der Waals surface area contributed by atoms with Gasteiger partial charge in [0, 0.05) is 11.6 Å². The molecule has 0 aliphatic rings. The number of nitro benzene ring substituents is 1. The maximum Gasteiger partial charge on any atom is 0.310 e. The predicted octanol–water partition coefficient (Wildman–Crippen LogP) is 0.253. The summed E-state index contributed by atoms with van der Waals surface area (Å²) < 4.78 is 10.2. The standard InChI is InChI=1S/C17H15N3O7/c21-16(10-26-15-8-4-2-6-13(15)20(24)25)19-18-9-12-5-1-3-7-14(12)27-11-17(22)23/h1-9H,10-11H2,(H,19,21)(H,22,23)/p-1/b18-9-. The number of nitro groups is 1. The molecule has 0 heterocycles. The van der Waals surface area contributed by atoms with Gasteiger partial charge in [-0.1, -0.05) is 24.3 Å². The Bertz CT molecular complexity index is 867. The van der Waals surface area contributed by atoms with Gasteiger partial charge in [0.1, 0.15) is 12.4 Å². The van der Waals surface area contributed by atoms with Gasteiger partial charge in [0.05, 0.1) is 17.1 Å². The van der Waals surface area contributed by atoms with Gasteiger partial charge < -0.3 is 19.4 Å². The number of carboxylic acid groups (broad SMARTS) is 1. The zero-order chi connectivity index (χ0) is 19.6. The first kappa shape index (κ1) is 19.4. The van der Waals surface area contributed by atoms with E-state index in [1.165, 1.54) is 30.5 Å². The highest BCUT2D eigenvalue weighted by molar-refractivity contribution is 5.85. The minimum absolute atomic E-state index is 0.0392. The maximum atomic E-state index is 11.8. The molecule has 2 aromatic rings. The third-order valence-corrected chi connectivity index (χ3v) is 3.08. The van der Waals surface area contributed by atoms with E-state index in [1.807, 2.05) is 0 Å². The topological polar surface area (TPSA) is 143 Å². The van der Waals surface area contributed by atoms with Gasteiger partial charge in [0.2, 0.25) is 0 Å². The van der Waals surface area contributed by atoms with Gasteiger partial charge in [0.15, 0.2) is 12.4 Å². The number of aliphatic carboxylic acids is 1. The summed E-state index contributed by atoms with van der Waals surface area (Å²) in [6.07, 6.45) is 1.26. The van der Waals surface area contributed by atoms with Crippen molar-refractivity contribution in [2.24, 2.45) is 5.10 Å². The van der Waals surface area contributed by atoms with Crippen molar-refractivity contribution >= 4 is 23.8 Å². The summed E-state index contributed by atoms with van der Waals surface area (Å²) in [5.74, 6) is -1.81. The molecule has 0 spiro atoms. The monoisotopic (exact) mass is 372 g/mol. The Morgan fingerprint density at radius 1 is 1.04 bits per heavy atom. The number of para-hydroxylation sites is 3. The quantitative estimate of drug-likeness (QED) is 0.377. The number of hydrogen-bond acceptors (Lipinski definition) is 8. The largest absolute Gasteiger partial charge is 0.546 e. The second-order valence-electron chi connectivity index (χ2n) is 5.01. The van der Waals surface area contributed by atoms with Gasteiger partial charge in [-0.05, 0) is 18.2 Å². The number of benzene rings is 2. The van der Waals surface area contributed by atoms with E-state index in [1.54, 1.807) is 24.3 Å². The second-order valence-corrected chi connectivity index (χ2v) is 5.01. The van der Waals surface area contributed by atoms with E-state index in [0.717, 1.165) is 0 Å². The SMILES string of the molecule is O=C([O-])COc1ccccc1/C=N\NC(=O)COc1ccccc1[N+](=O)[O-]. The zero-order valence-corrected chi connectivity index (χ0v) is 13.9. The Morgan fingerprint density at radius 2 is 1.67 bits per heavy atom. The number of hydrogen-bond donors (Lipinski definition) is 1. The molecule has 140 valence electrons. The van der Waals surface area contributed by atoms with E-state index >= 15 is 0 Å². The molecular weight excluding hydrogens is 358 g/mol. The molecule has 0 aromatic heterocycles. The van der Waals surface area contributed by atoms with Crippen molar-refractivity contribution in [1.82, 2.24) is 5.43 Å². The summed E-state index contributed by atoms with van der Waals surface area (Å²) >= 11 is 0. The molecule has 1 N–H and O–H groups in total. The minimum atomic E-state index is -1.37. The van der Waals surface area contributed by atoms with Gasteiger partial charge in [0.25, 0.3) is 5.91 Å². The number of hydrazone groups is 1. The normalized spacial score (nSPS) is 10.4. The molecule has 10 heteroatoms. The lowest BCUT2D eigenvalue weighted by atomic mass is 10.2. The van der Waals surface area contributed by atoms with Crippen LogP contribution in [0.3, 0.4) is 0 Å². The molecule has 2 aromatic carbocycles. The molecule has 0 aliphatic carbocycles.